The molecule has 2 aliphatic rings. The van der Waals surface area contributed by atoms with Crippen molar-refractivity contribution >= 4 is 37.6 Å². The van der Waals surface area contributed by atoms with Crippen LogP contribution in [0.25, 0.3) is 20.4 Å². The van der Waals surface area contributed by atoms with E-state index in [4.69, 9.17) is 9.72 Å². The molecule has 6 nitrogen and oxygen atoms in total. The highest BCUT2D eigenvalue weighted by Gasteiger charge is 2.33. The fourth-order valence-corrected chi connectivity index (χ4v) is 5.22. The molecule has 2 aliphatic heterocycles. The monoisotopic (exact) mass is 370 g/mol. The molecular formula is C19H22N4O2S. The number of ether oxygens (including phenoxy) is 1. The van der Waals surface area contributed by atoms with Gasteiger partial charge in [-0.25, -0.2) is 9.97 Å². The fraction of sp³-hybridized carbons (Fsp3) is 0.526. The summed E-state index contributed by atoms with van der Waals surface area (Å²) >= 11 is 1.45. The highest BCUT2D eigenvalue weighted by molar-refractivity contribution is 7.25. The first kappa shape index (κ1) is 16.2. The largest absolute Gasteiger partial charge is 0.370 e. The zero-order chi connectivity index (χ0) is 17.9. The summed E-state index contributed by atoms with van der Waals surface area (Å²) in [4.78, 5) is 27.8. The van der Waals surface area contributed by atoms with Crippen molar-refractivity contribution in [1.29, 1.82) is 0 Å². The Kier molecular flexibility index (Phi) is 3.59. The molecule has 1 N–H and O–H groups in total. The van der Waals surface area contributed by atoms with Gasteiger partial charge in [0, 0.05) is 30.5 Å². The molecule has 5 heterocycles. The van der Waals surface area contributed by atoms with Gasteiger partial charge in [0.1, 0.15) is 15.3 Å². The molecule has 0 radical (unpaired) electrons. The van der Waals surface area contributed by atoms with Crippen LogP contribution in [0.4, 0.5) is 5.82 Å². The fourth-order valence-electron chi connectivity index (χ4n) is 4.17. The number of pyridine rings is 1. The number of rotatable bonds is 1. The second-order valence-electron chi connectivity index (χ2n) is 7.86. The van der Waals surface area contributed by atoms with Crippen molar-refractivity contribution in [3.63, 3.8) is 0 Å². The maximum absolute atomic E-state index is 12.3. The van der Waals surface area contributed by atoms with Gasteiger partial charge in [-0.15, -0.1) is 11.3 Å². The molecule has 7 heteroatoms. The number of hydrogen-bond acceptors (Lipinski definition) is 6. The van der Waals surface area contributed by atoms with Crippen LogP contribution in [0, 0.1) is 0 Å². The van der Waals surface area contributed by atoms with E-state index in [1.54, 1.807) is 0 Å². The van der Waals surface area contributed by atoms with Gasteiger partial charge < -0.3 is 14.6 Å². The number of H-pyrrole nitrogens is 1. The van der Waals surface area contributed by atoms with Crippen molar-refractivity contribution < 1.29 is 4.74 Å². The van der Waals surface area contributed by atoms with Crippen LogP contribution >= 0.6 is 11.3 Å². The van der Waals surface area contributed by atoms with E-state index < -0.39 is 0 Å². The third-order valence-corrected chi connectivity index (χ3v) is 6.54. The van der Waals surface area contributed by atoms with Gasteiger partial charge in [-0.2, -0.15) is 0 Å². The van der Waals surface area contributed by atoms with Crippen molar-refractivity contribution in [1.82, 2.24) is 15.0 Å². The summed E-state index contributed by atoms with van der Waals surface area (Å²) in [7, 11) is 0. The minimum absolute atomic E-state index is 0.0856. The van der Waals surface area contributed by atoms with Crippen molar-refractivity contribution in [2.75, 3.05) is 18.0 Å². The zero-order valence-electron chi connectivity index (χ0n) is 15.1. The van der Waals surface area contributed by atoms with Crippen molar-refractivity contribution in [3.8, 4) is 0 Å². The molecule has 0 bridgehead atoms. The molecule has 1 fully saturated rings. The van der Waals surface area contributed by atoms with Crippen molar-refractivity contribution in [3.05, 3.63) is 27.8 Å². The minimum Gasteiger partial charge on any atom is -0.370 e. The Bertz CT molecular complexity index is 1060. The van der Waals surface area contributed by atoms with Crippen LogP contribution in [0.3, 0.4) is 0 Å². The molecule has 0 spiro atoms. The highest BCUT2D eigenvalue weighted by atomic mass is 32.1. The number of aromatic amines is 1. The molecule has 3 aromatic rings. The van der Waals surface area contributed by atoms with Crippen LogP contribution in [0.5, 0.6) is 0 Å². The zero-order valence-corrected chi connectivity index (χ0v) is 15.9. The lowest BCUT2D eigenvalue weighted by molar-refractivity contribution is -0.0395. The molecule has 5 rings (SSSR count). The van der Waals surface area contributed by atoms with Crippen LogP contribution in [-0.2, 0) is 17.8 Å². The molecular weight excluding hydrogens is 348 g/mol. The molecule has 0 amide bonds. The molecule has 0 aliphatic carbocycles. The number of piperidine rings is 1. The molecule has 0 atom stereocenters. The van der Waals surface area contributed by atoms with Crippen LogP contribution in [0.1, 0.15) is 44.2 Å². The quantitative estimate of drug-likeness (QED) is 0.711. The molecule has 0 aromatic carbocycles. The molecule has 0 unspecified atom stereocenters. The maximum atomic E-state index is 12.3. The van der Waals surface area contributed by atoms with E-state index in [0.717, 1.165) is 41.1 Å². The van der Waals surface area contributed by atoms with Gasteiger partial charge in [-0.3, -0.25) is 4.79 Å². The predicted octanol–water partition coefficient (Wildman–Crippen LogP) is 3.37. The second kappa shape index (κ2) is 5.76. The number of aromatic nitrogens is 3. The van der Waals surface area contributed by atoms with Crippen molar-refractivity contribution in [2.45, 2.75) is 51.7 Å². The second-order valence-corrected chi connectivity index (χ2v) is 8.86. The summed E-state index contributed by atoms with van der Waals surface area (Å²) in [5.41, 5.74) is 2.91. The Balaban J connectivity index is 1.83. The van der Waals surface area contributed by atoms with E-state index in [0.29, 0.717) is 11.3 Å². The topological polar surface area (TPSA) is 71.1 Å². The average Bonchev–Trinajstić information content (AvgIpc) is 3.01. The van der Waals surface area contributed by atoms with E-state index in [2.05, 4.69) is 28.7 Å². The molecule has 0 saturated carbocycles. The van der Waals surface area contributed by atoms with Gasteiger partial charge in [0.2, 0.25) is 0 Å². The van der Waals surface area contributed by atoms with Crippen LogP contribution in [0.2, 0.25) is 0 Å². The molecule has 136 valence electrons. The molecule has 3 aromatic heterocycles. The Hall–Kier alpha value is -1.99. The summed E-state index contributed by atoms with van der Waals surface area (Å²) < 4.78 is 6.80. The van der Waals surface area contributed by atoms with Gasteiger partial charge in [-0.1, -0.05) is 0 Å². The SMILES string of the molecule is CC1(C)Cc2c(c(N3CCCCC3)nc3sc4c(=O)[nH]cnc4c23)CO1. The summed E-state index contributed by atoms with van der Waals surface area (Å²) in [6.45, 7) is 6.89. The normalized spacial score (nSPS) is 19.8. The Morgan fingerprint density at radius 1 is 1.23 bits per heavy atom. The van der Waals surface area contributed by atoms with Gasteiger partial charge in [0.15, 0.2) is 0 Å². The summed E-state index contributed by atoms with van der Waals surface area (Å²) in [6.07, 6.45) is 5.99. The smallest absolute Gasteiger partial charge is 0.268 e. The summed E-state index contributed by atoms with van der Waals surface area (Å²) in [5, 5.41) is 1.04. The lowest BCUT2D eigenvalue weighted by atomic mass is 9.90. The van der Waals surface area contributed by atoms with Gasteiger partial charge in [0.25, 0.3) is 5.56 Å². The van der Waals surface area contributed by atoms with Crippen molar-refractivity contribution in [2.24, 2.45) is 0 Å². The van der Waals surface area contributed by atoms with Gasteiger partial charge in [-0.05, 0) is 38.7 Å². The number of hydrogen-bond donors (Lipinski definition) is 1. The molecule has 1 saturated heterocycles. The first-order chi connectivity index (χ1) is 12.5. The lowest BCUT2D eigenvalue weighted by Gasteiger charge is -2.36. The highest BCUT2D eigenvalue weighted by Crippen LogP contribution is 2.42. The van der Waals surface area contributed by atoms with Crippen LogP contribution in [0.15, 0.2) is 11.1 Å². The Morgan fingerprint density at radius 2 is 2.04 bits per heavy atom. The number of nitrogens with zero attached hydrogens (tertiary/aromatic N) is 3. The van der Waals surface area contributed by atoms with E-state index in [1.807, 2.05) is 0 Å². The first-order valence-corrected chi connectivity index (χ1v) is 10.1. The summed E-state index contributed by atoms with van der Waals surface area (Å²) in [5.74, 6) is 1.05. The lowest BCUT2D eigenvalue weighted by Crippen LogP contribution is -2.36. The van der Waals surface area contributed by atoms with E-state index in [-0.39, 0.29) is 11.2 Å². The number of nitrogens with one attached hydrogen (secondary N) is 1. The average molecular weight is 370 g/mol. The number of thiophene rings is 1. The molecule has 26 heavy (non-hydrogen) atoms. The Labute approximate surface area is 155 Å². The van der Waals surface area contributed by atoms with E-state index in [1.165, 1.54) is 48.1 Å². The standard InChI is InChI=1S/C19H22N4O2S/c1-19(2)8-11-12(9-25-19)16(23-6-4-3-5-7-23)22-18-13(11)14-15(26-18)17(24)21-10-20-14/h10H,3-9H2,1-2H3,(H,20,21,24). The Morgan fingerprint density at radius 3 is 2.85 bits per heavy atom. The third-order valence-electron chi connectivity index (χ3n) is 5.47. The number of fused-ring (bicyclic) bond motifs is 5. The van der Waals surface area contributed by atoms with Crippen LogP contribution < -0.4 is 10.5 Å². The van der Waals surface area contributed by atoms with Gasteiger partial charge >= 0.3 is 0 Å². The summed E-state index contributed by atoms with van der Waals surface area (Å²) in [6, 6.07) is 0. The third kappa shape index (κ3) is 2.45. The first-order valence-electron chi connectivity index (χ1n) is 9.24. The van der Waals surface area contributed by atoms with Crippen LogP contribution in [-0.4, -0.2) is 33.6 Å². The van der Waals surface area contributed by atoms with Gasteiger partial charge in [0.05, 0.1) is 24.1 Å². The number of anilines is 1. The van der Waals surface area contributed by atoms with E-state index >= 15 is 0 Å². The van der Waals surface area contributed by atoms with E-state index in [9.17, 15) is 4.79 Å². The predicted molar refractivity (Wildman–Crippen MR) is 104 cm³/mol. The maximum Gasteiger partial charge on any atom is 0.268 e. The minimum atomic E-state index is -0.226.